The number of furan rings is 1. The van der Waals surface area contributed by atoms with Crippen molar-refractivity contribution in [3.05, 3.63) is 112 Å². The fourth-order valence-corrected chi connectivity index (χ4v) is 4.65. The summed E-state index contributed by atoms with van der Waals surface area (Å²) < 4.78 is 21.4. The highest BCUT2D eigenvalue weighted by Gasteiger charge is 2.41. The topological polar surface area (TPSA) is 41.3 Å². The molecule has 4 nitrogen and oxygen atoms in total. The first-order chi connectivity index (χ1) is 15.6. The van der Waals surface area contributed by atoms with Gasteiger partial charge in [-0.25, -0.2) is 4.39 Å². The quantitative estimate of drug-likeness (QED) is 0.316. The summed E-state index contributed by atoms with van der Waals surface area (Å²) in [7, 11) is 0. The van der Waals surface area contributed by atoms with E-state index in [1.54, 1.807) is 24.4 Å². The second-order valence-corrected chi connectivity index (χ2v) is 8.87. The van der Waals surface area contributed by atoms with Crippen LogP contribution >= 0.6 is 28.1 Å². The molecule has 7 heteroatoms. The average Bonchev–Trinajstić information content (AvgIpc) is 3.40. The number of nitrogens with zero attached hydrogens (tertiary/aromatic N) is 2. The first-order valence-corrected chi connectivity index (χ1v) is 11.4. The minimum Gasteiger partial charge on any atom is -0.459 e. The minimum atomic E-state index is -0.345. The van der Waals surface area contributed by atoms with Gasteiger partial charge >= 0.3 is 0 Å². The summed E-state index contributed by atoms with van der Waals surface area (Å²) in [5.41, 5.74) is 2.41. The zero-order valence-electron chi connectivity index (χ0n) is 16.9. The zero-order chi connectivity index (χ0) is 22.1. The molecule has 0 aliphatic carbocycles. The molecular formula is C25H19BrFN3OS. The van der Waals surface area contributed by atoms with E-state index in [9.17, 15) is 4.39 Å². The van der Waals surface area contributed by atoms with Gasteiger partial charge in [-0.1, -0.05) is 52.3 Å². The van der Waals surface area contributed by atoms with E-state index in [-0.39, 0.29) is 17.9 Å². The minimum absolute atomic E-state index is 0.193. The smallest absolute Gasteiger partial charge is 0.170 e. The molecule has 1 saturated heterocycles. The van der Waals surface area contributed by atoms with Crippen LogP contribution in [0.25, 0.3) is 11.3 Å². The molecule has 1 fully saturated rings. The second-order valence-electron chi connectivity index (χ2n) is 7.57. The van der Waals surface area contributed by atoms with Gasteiger partial charge < -0.3 is 14.6 Å². The summed E-state index contributed by atoms with van der Waals surface area (Å²) >= 11 is 9.01. The Morgan fingerprint density at radius 1 is 1.03 bits per heavy atom. The lowest BCUT2D eigenvalue weighted by Gasteiger charge is -2.26. The number of nitrogens with one attached hydrogen (secondary N) is 1. The molecule has 0 spiro atoms. The first kappa shape index (κ1) is 20.8. The maximum atomic E-state index is 14.5. The van der Waals surface area contributed by atoms with Crippen molar-refractivity contribution in [3.8, 4) is 11.3 Å². The van der Waals surface area contributed by atoms with Crippen LogP contribution in [-0.2, 0) is 6.54 Å². The lowest BCUT2D eigenvalue weighted by Crippen LogP contribution is -2.29. The fourth-order valence-electron chi connectivity index (χ4n) is 4.01. The average molecular weight is 508 g/mol. The van der Waals surface area contributed by atoms with E-state index >= 15 is 0 Å². The van der Waals surface area contributed by atoms with Crippen molar-refractivity contribution in [1.29, 1.82) is 0 Å². The lowest BCUT2D eigenvalue weighted by atomic mass is 10.0. The molecule has 2 aromatic carbocycles. The van der Waals surface area contributed by atoms with Gasteiger partial charge in [-0.05, 0) is 60.2 Å². The van der Waals surface area contributed by atoms with Gasteiger partial charge in [0.15, 0.2) is 5.11 Å². The summed E-state index contributed by atoms with van der Waals surface area (Å²) in [6.45, 7) is 0.614. The van der Waals surface area contributed by atoms with Crippen molar-refractivity contribution < 1.29 is 8.81 Å². The highest BCUT2D eigenvalue weighted by atomic mass is 79.9. The van der Waals surface area contributed by atoms with Crippen LogP contribution < -0.4 is 5.32 Å². The molecule has 0 unspecified atom stereocenters. The Kier molecular flexibility index (Phi) is 5.76. The van der Waals surface area contributed by atoms with E-state index in [1.165, 1.54) is 6.07 Å². The van der Waals surface area contributed by atoms with Crippen LogP contribution in [-0.4, -0.2) is 15.0 Å². The van der Waals surface area contributed by atoms with Gasteiger partial charge in [0.25, 0.3) is 0 Å². The van der Waals surface area contributed by atoms with E-state index in [1.807, 2.05) is 42.5 Å². The molecule has 0 amide bonds. The standard InChI is InChI=1S/C25H19BrFN3OS/c26-17-9-10-18(19(27)14-17)21-11-12-22(31-21)24-23(20-8-4-5-13-28-20)29-25(32)30(24)15-16-6-2-1-3-7-16/h1-14,23-24H,15H2,(H,29,32)/t23-,24+/m1/s1. The third-order valence-corrected chi connectivity index (χ3v) is 6.35. The second kappa shape index (κ2) is 8.84. The maximum absolute atomic E-state index is 14.5. The number of aromatic nitrogens is 1. The zero-order valence-corrected chi connectivity index (χ0v) is 19.3. The number of hydrogen-bond acceptors (Lipinski definition) is 3. The Morgan fingerprint density at radius 3 is 2.59 bits per heavy atom. The number of halogens is 2. The van der Waals surface area contributed by atoms with Crippen LogP contribution in [0.4, 0.5) is 4.39 Å². The molecule has 1 aliphatic rings. The molecule has 2 aromatic heterocycles. The summed E-state index contributed by atoms with van der Waals surface area (Å²) in [6.07, 6.45) is 1.77. The molecule has 0 saturated carbocycles. The van der Waals surface area contributed by atoms with E-state index in [0.717, 1.165) is 11.3 Å². The Labute approximate surface area is 199 Å². The van der Waals surface area contributed by atoms with Gasteiger partial charge in [0.1, 0.15) is 23.4 Å². The SMILES string of the molecule is Fc1cc(Br)ccc1-c1ccc([C@H]2[C@@H](c3ccccn3)NC(=S)N2Cc2ccccc2)o1. The normalized spacial score (nSPS) is 18.1. The first-order valence-electron chi connectivity index (χ1n) is 10.2. The molecule has 5 rings (SSSR count). The van der Waals surface area contributed by atoms with E-state index in [0.29, 0.717) is 33.2 Å². The Balaban J connectivity index is 1.55. The van der Waals surface area contributed by atoms with Crippen molar-refractivity contribution in [2.45, 2.75) is 18.6 Å². The number of benzene rings is 2. The van der Waals surface area contributed by atoms with Crippen LogP contribution in [0.2, 0.25) is 0 Å². The Bertz CT molecular complexity index is 1250. The highest BCUT2D eigenvalue weighted by Crippen LogP contribution is 2.41. The largest absolute Gasteiger partial charge is 0.459 e. The van der Waals surface area contributed by atoms with Crippen LogP contribution in [0.5, 0.6) is 0 Å². The van der Waals surface area contributed by atoms with Crippen molar-refractivity contribution >= 4 is 33.3 Å². The van der Waals surface area contributed by atoms with Crippen molar-refractivity contribution in [2.75, 3.05) is 0 Å². The molecule has 2 atom stereocenters. The van der Waals surface area contributed by atoms with Gasteiger partial charge in [0.05, 0.1) is 17.3 Å². The van der Waals surface area contributed by atoms with Gasteiger partial charge in [0.2, 0.25) is 0 Å². The maximum Gasteiger partial charge on any atom is 0.170 e. The Morgan fingerprint density at radius 2 is 1.84 bits per heavy atom. The molecule has 4 aromatic rings. The molecule has 1 aliphatic heterocycles. The molecule has 0 bridgehead atoms. The molecule has 160 valence electrons. The van der Waals surface area contributed by atoms with Crippen molar-refractivity contribution in [2.24, 2.45) is 0 Å². The summed E-state index contributed by atoms with van der Waals surface area (Å²) in [6, 6.07) is 24.2. The molecule has 3 heterocycles. The number of pyridine rings is 1. The molecular weight excluding hydrogens is 489 g/mol. The van der Waals surface area contributed by atoms with E-state index in [2.05, 4.69) is 43.3 Å². The monoisotopic (exact) mass is 507 g/mol. The predicted octanol–water partition coefficient (Wildman–Crippen LogP) is 6.42. The third kappa shape index (κ3) is 4.06. The molecule has 0 radical (unpaired) electrons. The lowest BCUT2D eigenvalue weighted by molar-refractivity contribution is 0.269. The third-order valence-electron chi connectivity index (χ3n) is 5.51. The summed E-state index contributed by atoms with van der Waals surface area (Å²) in [5.74, 6) is 0.825. The predicted molar refractivity (Wildman–Crippen MR) is 129 cm³/mol. The summed E-state index contributed by atoms with van der Waals surface area (Å²) in [5, 5.41) is 4.04. The fraction of sp³-hybridized carbons (Fsp3) is 0.120. The van der Waals surface area contributed by atoms with Gasteiger partial charge in [-0.2, -0.15) is 0 Å². The van der Waals surface area contributed by atoms with E-state index < -0.39 is 0 Å². The number of rotatable bonds is 5. The van der Waals surface area contributed by atoms with Crippen LogP contribution in [0.1, 0.15) is 29.1 Å². The van der Waals surface area contributed by atoms with Gasteiger partial charge in [-0.15, -0.1) is 0 Å². The summed E-state index contributed by atoms with van der Waals surface area (Å²) in [4.78, 5) is 6.65. The molecule has 32 heavy (non-hydrogen) atoms. The van der Waals surface area contributed by atoms with Crippen molar-refractivity contribution in [3.63, 3.8) is 0 Å². The van der Waals surface area contributed by atoms with Gasteiger partial charge in [-0.3, -0.25) is 4.98 Å². The number of thiocarbonyl (C=S) groups is 1. The van der Waals surface area contributed by atoms with Gasteiger partial charge in [0, 0.05) is 17.2 Å². The highest BCUT2D eigenvalue weighted by molar-refractivity contribution is 9.10. The molecule has 1 N–H and O–H groups in total. The van der Waals surface area contributed by atoms with Crippen LogP contribution in [0.15, 0.2) is 93.9 Å². The van der Waals surface area contributed by atoms with Crippen LogP contribution in [0, 0.1) is 5.82 Å². The van der Waals surface area contributed by atoms with E-state index in [4.69, 9.17) is 16.6 Å². The van der Waals surface area contributed by atoms with Crippen molar-refractivity contribution in [1.82, 2.24) is 15.2 Å². The number of hydrogen-bond donors (Lipinski definition) is 1. The Hall–Kier alpha value is -3.03. The van der Waals surface area contributed by atoms with Crippen LogP contribution in [0.3, 0.4) is 0 Å².